The molecule has 0 radical (unpaired) electrons. The maximum Gasteiger partial charge on any atom is 0.149 e. The van der Waals surface area contributed by atoms with Crippen LogP contribution in [0.2, 0.25) is 13.1 Å². The van der Waals surface area contributed by atoms with Crippen LogP contribution in [0.1, 0.15) is 47.2 Å². The average molecular weight is 797 g/mol. The third-order valence-corrected chi connectivity index (χ3v) is 19.8. The van der Waals surface area contributed by atoms with Crippen molar-refractivity contribution in [1.29, 1.82) is 0 Å². The Balaban J connectivity index is 1.11. The SMILES string of the molecule is CC1(C)c2ccccc2-c2c1ccc1c2Sc2c(-c3ccc4c(c3)C(c3ccccc3)(c3ccccc3)c3ccc5c(c3-4)Oc3ccccc3S5)cccc2[Si]1(C)C. The molecule has 0 fully saturated rings. The predicted octanol–water partition coefficient (Wildman–Crippen LogP) is 13.6. The van der Waals surface area contributed by atoms with Crippen molar-refractivity contribution >= 4 is 42.0 Å². The first-order valence-electron chi connectivity index (χ1n) is 20.3. The summed E-state index contributed by atoms with van der Waals surface area (Å²) in [7, 11) is -2.10. The van der Waals surface area contributed by atoms with Crippen LogP contribution < -0.4 is 15.1 Å². The van der Waals surface area contributed by atoms with Crippen molar-refractivity contribution in [2.75, 3.05) is 0 Å². The van der Waals surface area contributed by atoms with Gasteiger partial charge in [0.05, 0.1) is 15.2 Å². The Labute approximate surface area is 350 Å². The second-order valence-electron chi connectivity index (χ2n) is 17.2. The van der Waals surface area contributed by atoms with E-state index < -0.39 is 13.5 Å². The fourth-order valence-electron chi connectivity index (χ4n) is 10.7. The summed E-state index contributed by atoms with van der Waals surface area (Å²) in [5.41, 5.74) is 15.2. The van der Waals surface area contributed by atoms with Crippen molar-refractivity contribution in [2.24, 2.45) is 0 Å². The maximum absolute atomic E-state index is 6.94. The van der Waals surface area contributed by atoms with Crippen molar-refractivity contribution in [3.05, 3.63) is 203 Å². The van der Waals surface area contributed by atoms with Crippen molar-refractivity contribution in [3.63, 3.8) is 0 Å². The summed E-state index contributed by atoms with van der Waals surface area (Å²) in [6.45, 7) is 9.91. The van der Waals surface area contributed by atoms with Crippen LogP contribution in [0.4, 0.5) is 0 Å². The highest BCUT2D eigenvalue weighted by Crippen LogP contribution is 2.63. The minimum Gasteiger partial charge on any atom is -0.454 e. The highest BCUT2D eigenvalue weighted by molar-refractivity contribution is 8.00. The molecule has 12 rings (SSSR count). The van der Waals surface area contributed by atoms with Crippen LogP contribution in [0.5, 0.6) is 11.5 Å². The zero-order chi connectivity index (χ0) is 39.0. The molecular weight excluding hydrogens is 757 g/mol. The van der Waals surface area contributed by atoms with E-state index in [0.29, 0.717) is 0 Å². The molecule has 2 heterocycles. The van der Waals surface area contributed by atoms with E-state index in [1.807, 2.05) is 11.8 Å². The van der Waals surface area contributed by atoms with Gasteiger partial charge in [0.1, 0.15) is 19.6 Å². The Morgan fingerprint density at radius 3 is 1.91 bits per heavy atom. The fraction of sp³-hybridized carbons (Fsp3) is 0.111. The zero-order valence-electron chi connectivity index (χ0n) is 32.9. The van der Waals surface area contributed by atoms with Gasteiger partial charge in [0.25, 0.3) is 0 Å². The fourth-order valence-corrected chi connectivity index (χ4v) is 17.4. The first kappa shape index (κ1) is 34.5. The van der Waals surface area contributed by atoms with E-state index in [2.05, 4.69) is 197 Å². The molecule has 0 bridgehead atoms. The van der Waals surface area contributed by atoms with E-state index in [1.165, 1.54) is 81.7 Å². The summed E-state index contributed by atoms with van der Waals surface area (Å²) in [5, 5.41) is 3.07. The van der Waals surface area contributed by atoms with Gasteiger partial charge in [-0.3, -0.25) is 0 Å². The minimum atomic E-state index is -2.10. The van der Waals surface area contributed by atoms with Gasteiger partial charge < -0.3 is 4.74 Å². The number of hydrogen-bond acceptors (Lipinski definition) is 3. The molecule has 58 heavy (non-hydrogen) atoms. The molecule has 4 aliphatic rings. The van der Waals surface area contributed by atoms with E-state index in [1.54, 1.807) is 16.9 Å². The normalized spacial score (nSPS) is 16.3. The Bertz CT molecular complexity index is 3000. The predicted molar refractivity (Wildman–Crippen MR) is 245 cm³/mol. The smallest absolute Gasteiger partial charge is 0.149 e. The molecule has 0 saturated carbocycles. The van der Waals surface area contributed by atoms with Crippen LogP contribution in [-0.2, 0) is 10.8 Å². The number of fused-ring (bicyclic) bond motifs is 12. The Hall–Kier alpha value is -5.52. The molecule has 0 N–H and O–H groups in total. The molecule has 2 aliphatic heterocycles. The summed E-state index contributed by atoms with van der Waals surface area (Å²) in [5.74, 6) is 1.87. The van der Waals surface area contributed by atoms with Crippen molar-refractivity contribution in [3.8, 4) is 44.9 Å². The number of hydrogen-bond donors (Lipinski definition) is 0. The van der Waals surface area contributed by atoms with Crippen LogP contribution >= 0.6 is 23.5 Å². The molecule has 4 heteroatoms. The highest BCUT2D eigenvalue weighted by Gasteiger charge is 2.49. The van der Waals surface area contributed by atoms with Gasteiger partial charge >= 0.3 is 0 Å². The van der Waals surface area contributed by atoms with Crippen molar-refractivity contribution in [2.45, 2.75) is 57.4 Å². The van der Waals surface area contributed by atoms with Crippen LogP contribution in [-0.4, -0.2) is 8.07 Å². The first-order chi connectivity index (χ1) is 28.3. The summed E-state index contributed by atoms with van der Waals surface area (Å²) in [4.78, 5) is 5.18. The highest BCUT2D eigenvalue weighted by atomic mass is 32.2. The molecule has 0 spiro atoms. The lowest BCUT2D eigenvalue weighted by molar-refractivity contribution is 0.456. The molecule has 0 aromatic heterocycles. The van der Waals surface area contributed by atoms with E-state index in [9.17, 15) is 0 Å². The lowest BCUT2D eigenvalue weighted by Gasteiger charge is -2.36. The average Bonchev–Trinajstić information content (AvgIpc) is 3.69. The number of para-hydroxylation sites is 1. The molecule has 0 amide bonds. The first-order valence-corrected chi connectivity index (χ1v) is 24.9. The lowest BCUT2D eigenvalue weighted by atomic mass is 9.67. The zero-order valence-corrected chi connectivity index (χ0v) is 35.5. The minimum absolute atomic E-state index is 0.0380. The van der Waals surface area contributed by atoms with Crippen LogP contribution in [0.25, 0.3) is 33.4 Å². The van der Waals surface area contributed by atoms with Gasteiger partial charge in [-0.05, 0) is 95.8 Å². The molecule has 1 nitrogen and oxygen atoms in total. The number of ether oxygens (including phenoxy) is 1. The van der Waals surface area contributed by atoms with Gasteiger partial charge in [-0.25, -0.2) is 0 Å². The summed E-state index contributed by atoms with van der Waals surface area (Å²) in [6.07, 6.45) is 0. The molecule has 278 valence electrons. The van der Waals surface area contributed by atoms with Gasteiger partial charge in [0.2, 0.25) is 0 Å². The van der Waals surface area contributed by atoms with Gasteiger partial charge in [0.15, 0.2) is 0 Å². The quantitative estimate of drug-likeness (QED) is 0.165. The number of benzene rings is 8. The monoisotopic (exact) mass is 796 g/mol. The van der Waals surface area contributed by atoms with Crippen LogP contribution in [0.15, 0.2) is 189 Å². The van der Waals surface area contributed by atoms with Crippen molar-refractivity contribution < 1.29 is 4.74 Å². The third kappa shape index (κ3) is 4.51. The molecular formula is C54H40OS2Si. The Morgan fingerprint density at radius 1 is 0.466 bits per heavy atom. The molecule has 8 aromatic carbocycles. The second-order valence-corrected chi connectivity index (χ2v) is 23.6. The van der Waals surface area contributed by atoms with E-state index >= 15 is 0 Å². The molecule has 0 saturated heterocycles. The molecule has 2 aliphatic carbocycles. The Morgan fingerprint density at radius 2 is 1.12 bits per heavy atom. The summed E-state index contributed by atoms with van der Waals surface area (Å²) in [6, 6.07) is 63.8. The standard InChI is InChI=1S/C54H40OS2Si/c1-53(2)39-22-12-11-20-37(39)49-40(53)29-31-47-52(49)57-51-36(21-15-25-46(51)58(47,3)4)33-26-27-38-42(32-33)54(34-16-7-5-8-17-34,35-18-9-6-10-19-35)41-28-30-45-50(48(38)41)55-43-23-13-14-24-44(43)56-45/h5-32H,1-4H3. The topological polar surface area (TPSA) is 9.23 Å². The largest absolute Gasteiger partial charge is 0.454 e. The van der Waals surface area contributed by atoms with E-state index in [4.69, 9.17) is 4.74 Å². The van der Waals surface area contributed by atoms with Crippen molar-refractivity contribution in [1.82, 2.24) is 0 Å². The van der Waals surface area contributed by atoms with Gasteiger partial charge in [0, 0.05) is 20.8 Å². The van der Waals surface area contributed by atoms with Gasteiger partial charge in [-0.15, -0.1) is 0 Å². The number of rotatable bonds is 3. The third-order valence-electron chi connectivity index (χ3n) is 13.5. The molecule has 8 aromatic rings. The van der Waals surface area contributed by atoms with Crippen LogP contribution in [0, 0.1) is 0 Å². The van der Waals surface area contributed by atoms with Crippen LogP contribution in [0.3, 0.4) is 0 Å². The Kier molecular flexibility index (Phi) is 7.29. The second kappa shape index (κ2) is 12.2. The summed E-state index contributed by atoms with van der Waals surface area (Å²) >= 11 is 3.82. The lowest BCUT2D eigenvalue weighted by Crippen LogP contribution is -2.56. The molecule has 0 atom stereocenters. The van der Waals surface area contributed by atoms with E-state index in [0.717, 1.165) is 21.3 Å². The maximum atomic E-state index is 6.94. The molecule has 0 unspecified atom stereocenters. The van der Waals surface area contributed by atoms with Gasteiger partial charge in [-0.1, -0.05) is 196 Å². The summed E-state index contributed by atoms with van der Waals surface area (Å²) < 4.78 is 6.94. The van der Waals surface area contributed by atoms with E-state index in [-0.39, 0.29) is 5.41 Å². The van der Waals surface area contributed by atoms with Gasteiger partial charge in [-0.2, -0.15) is 0 Å².